The summed E-state index contributed by atoms with van der Waals surface area (Å²) in [6, 6.07) is 0.857. The highest BCUT2D eigenvalue weighted by molar-refractivity contribution is 6.05. The van der Waals surface area contributed by atoms with E-state index in [1.165, 1.54) is 26.1 Å². The minimum Gasteiger partial charge on any atom is -0.383 e. The van der Waals surface area contributed by atoms with Crippen molar-refractivity contribution >= 4 is 7.85 Å². The monoisotopic (exact) mass is 199 g/mol. The highest BCUT2D eigenvalue weighted by Crippen LogP contribution is 2.22. The van der Waals surface area contributed by atoms with Crippen molar-refractivity contribution in [3.8, 4) is 0 Å². The van der Waals surface area contributed by atoms with Crippen molar-refractivity contribution in [3.05, 3.63) is 0 Å². The molecule has 3 heteroatoms. The number of ether oxygens (including phenoxy) is 1. The van der Waals surface area contributed by atoms with Crippen LogP contribution in [0.2, 0.25) is 6.82 Å². The molecule has 0 aliphatic heterocycles. The van der Waals surface area contributed by atoms with E-state index < -0.39 is 0 Å². The van der Waals surface area contributed by atoms with E-state index in [2.05, 4.69) is 19.8 Å². The normalized spacial score (nSPS) is 14.7. The van der Waals surface area contributed by atoms with Crippen LogP contribution in [0.5, 0.6) is 0 Å². The topological polar surface area (TPSA) is 12.5 Å². The number of likely N-dealkylation sites (N-methyl/N-ethyl adjacent to an activating group) is 1. The first-order valence-electron chi connectivity index (χ1n) is 5.61. The minimum atomic E-state index is 0.857. The predicted molar refractivity (Wildman–Crippen MR) is 65.1 cm³/mol. The molecule has 0 unspecified atom stereocenters. The second-order valence-corrected chi connectivity index (χ2v) is 3.06. The third-order valence-corrected chi connectivity index (χ3v) is 2.35. The van der Waals surface area contributed by atoms with E-state index in [9.17, 15) is 0 Å². The maximum Gasteiger partial charge on any atom is 0.0606 e. The van der Waals surface area contributed by atoms with Gasteiger partial charge in [0.1, 0.15) is 0 Å². The second kappa shape index (κ2) is 13.0. The van der Waals surface area contributed by atoms with Gasteiger partial charge >= 0.3 is 0 Å². The molecule has 84 valence electrons. The maximum atomic E-state index is 4.99. The van der Waals surface area contributed by atoms with Crippen molar-refractivity contribution in [3.63, 3.8) is 0 Å². The Hall–Kier alpha value is -0.0151. The lowest BCUT2D eigenvalue weighted by molar-refractivity contribution is 0.107. The molecule has 0 bridgehead atoms. The van der Waals surface area contributed by atoms with Crippen LogP contribution in [0.3, 0.4) is 0 Å². The predicted octanol–water partition coefficient (Wildman–Crippen LogP) is 2.35. The lowest BCUT2D eigenvalue weighted by Gasteiger charge is -2.34. The van der Waals surface area contributed by atoms with Crippen LogP contribution in [0, 0.1) is 0 Å². The second-order valence-electron chi connectivity index (χ2n) is 3.06. The molecule has 0 aromatic heterocycles. The molecule has 1 aliphatic carbocycles. The summed E-state index contributed by atoms with van der Waals surface area (Å²) in [5.41, 5.74) is 0. The average molecular weight is 199 g/mol. The molecule has 14 heavy (non-hydrogen) atoms. The van der Waals surface area contributed by atoms with Crippen molar-refractivity contribution in [2.24, 2.45) is 0 Å². The summed E-state index contributed by atoms with van der Waals surface area (Å²) in [5, 5.41) is 0. The van der Waals surface area contributed by atoms with Gasteiger partial charge < -0.3 is 9.64 Å². The van der Waals surface area contributed by atoms with Crippen LogP contribution in [-0.4, -0.2) is 46.1 Å². The molecule has 2 radical (unpaired) electrons. The van der Waals surface area contributed by atoms with Crippen LogP contribution in [0.15, 0.2) is 0 Å². The molecule has 0 atom stereocenters. The number of hydrogen-bond acceptors (Lipinski definition) is 2. The summed E-state index contributed by atoms with van der Waals surface area (Å²) in [6.07, 6.45) is 4.20. The van der Waals surface area contributed by atoms with Crippen LogP contribution in [-0.2, 0) is 4.74 Å². The van der Waals surface area contributed by atoms with Crippen molar-refractivity contribution in [1.82, 2.24) is 4.90 Å². The van der Waals surface area contributed by atoms with Crippen molar-refractivity contribution in [2.75, 3.05) is 27.3 Å². The summed E-state index contributed by atoms with van der Waals surface area (Å²) in [5.74, 6) is 0. The van der Waals surface area contributed by atoms with Crippen LogP contribution >= 0.6 is 0 Å². The van der Waals surface area contributed by atoms with Gasteiger partial charge in [-0.15, -0.1) is 0 Å². The van der Waals surface area contributed by atoms with Gasteiger partial charge in [-0.1, -0.05) is 27.1 Å². The van der Waals surface area contributed by atoms with Crippen molar-refractivity contribution in [1.29, 1.82) is 0 Å². The summed E-state index contributed by atoms with van der Waals surface area (Å²) in [6.45, 7) is 7.45. The third kappa shape index (κ3) is 7.39. The van der Waals surface area contributed by atoms with Crippen molar-refractivity contribution < 1.29 is 4.74 Å². The van der Waals surface area contributed by atoms with Crippen LogP contribution in [0.1, 0.15) is 33.1 Å². The van der Waals surface area contributed by atoms with Crippen LogP contribution < -0.4 is 0 Å². The molecular weight excluding hydrogens is 173 g/mol. The molecule has 1 saturated carbocycles. The highest BCUT2D eigenvalue weighted by atomic mass is 16.5. The molecule has 1 rings (SSSR count). The van der Waals surface area contributed by atoms with Crippen LogP contribution in [0.4, 0.5) is 0 Å². The number of hydrogen-bond donors (Lipinski definition) is 0. The summed E-state index contributed by atoms with van der Waals surface area (Å²) >= 11 is 0. The van der Waals surface area contributed by atoms with Gasteiger partial charge in [-0.2, -0.15) is 0 Å². The highest BCUT2D eigenvalue weighted by Gasteiger charge is 2.20. The van der Waals surface area contributed by atoms with Crippen LogP contribution in [0.25, 0.3) is 0 Å². The first-order chi connectivity index (χ1) is 6.84. The SMILES string of the molecule is CC.COCCN(C)C1CCC1.[B]C. The molecule has 0 aromatic rings. The average Bonchev–Trinajstić information content (AvgIpc) is 2.18. The maximum absolute atomic E-state index is 4.99. The smallest absolute Gasteiger partial charge is 0.0606 e. The fourth-order valence-electron chi connectivity index (χ4n) is 1.25. The Bertz CT molecular complexity index is 97.3. The molecule has 2 nitrogen and oxygen atoms in total. The summed E-state index contributed by atoms with van der Waals surface area (Å²) in [4.78, 5) is 2.40. The Kier molecular flexibility index (Phi) is 15.2. The Morgan fingerprint density at radius 2 is 1.79 bits per heavy atom. The van der Waals surface area contributed by atoms with Gasteiger partial charge in [0.05, 0.1) is 14.5 Å². The quantitative estimate of drug-likeness (QED) is 0.644. The summed E-state index contributed by atoms with van der Waals surface area (Å²) in [7, 11) is 8.44. The molecule has 0 spiro atoms. The molecule has 0 saturated heterocycles. The lowest BCUT2D eigenvalue weighted by Crippen LogP contribution is -2.38. The number of methoxy groups -OCH3 is 1. The van der Waals surface area contributed by atoms with Gasteiger partial charge in [0.25, 0.3) is 0 Å². The van der Waals surface area contributed by atoms with Gasteiger partial charge in [-0.25, -0.2) is 0 Å². The standard InChI is InChI=1S/C8H17NO.C2H6.CH3B/c1-9(6-7-10-2)8-4-3-5-8;2*1-2/h8H,3-7H2,1-2H3;1-2H3;1H3. The third-order valence-electron chi connectivity index (χ3n) is 2.35. The fraction of sp³-hybridized carbons (Fsp3) is 1.00. The molecular formula is C11H26BNO. The Labute approximate surface area is 91.4 Å². The number of nitrogens with zero attached hydrogens (tertiary/aromatic N) is 1. The Morgan fingerprint density at radius 1 is 1.29 bits per heavy atom. The lowest BCUT2D eigenvalue weighted by atomic mass is 9.92. The van der Waals surface area contributed by atoms with E-state index in [1.54, 1.807) is 7.11 Å². The zero-order valence-corrected chi connectivity index (χ0v) is 10.5. The van der Waals surface area contributed by atoms with E-state index in [4.69, 9.17) is 4.74 Å². The Morgan fingerprint density at radius 3 is 2.07 bits per heavy atom. The van der Waals surface area contributed by atoms with Gasteiger partial charge in [-0.05, 0) is 19.9 Å². The summed E-state index contributed by atoms with van der Waals surface area (Å²) < 4.78 is 4.99. The molecule has 1 aliphatic rings. The molecule has 1 fully saturated rings. The van der Waals surface area contributed by atoms with E-state index in [0.717, 1.165) is 19.2 Å². The first-order valence-corrected chi connectivity index (χ1v) is 5.61. The zero-order valence-electron chi connectivity index (χ0n) is 10.5. The van der Waals surface area contributed by atoms with E-state index in [1.807, 2.05) is 13.8 Å². The molecule has 0 aromatic carbocycles. The van der Waals surface area contributed by atoms with Gasteiger partial charge in [0.15, 0.2) is 0 Å². The van der Waals surface area contributed by atoms with E-state index in [0.29, 0.717) is 0 Å². The van der Waals surface area contributed by atoms with Crippen molar-refractivity contribution in [2.45, 2.75) is 46.0 Å². The minimum absolute atomic E-state index is 0.857. The Balaban J connectivity index is 0. The van der Waals surface area contributed by atoms with Gasteiger partial charge in [0.2, 0.25) is 0 Å². The van der Waals surface area contributed by atoms with E-state index >= 15 is 0 Å². The number of rotatable bonds is 4. The molecule has 0 heterocycles. The molecule has 0 amide bonds. The first kappa shape index (κ1) is 16.4. The van der Waals surface area contributed by atoms with E-state index in [-0.39, 0.29) is 0 Å². The van der Waals surface area contributed by atoms with Gasteiger partial charge in [-0.3, -0.25) is 0 Å². The zero-order chi connectivity index (χ0) is 11.4. The van der Waals surface area contributed by atoms with Gasteiger partial charge in [0, 0.05) is 19.7 Å². The molecule has 0 N–H and O–H groups in total. The largest absolute Gasteiger partial charge is 0.383 e. The fourth-order valence-corrected chi connectivity index (χ4v) is 1.25.